The van der Waals surface area contributed by atoms with Crippen LogP contribution in [0.3, 0.4) is 0 Å². The molecule has 0 fully saturated rings. The predicted molar refractivity (Wildman–Crippen MR) is 74.2 cm³/mol. The van der Waals surface area contributed by atoms with Crippen LogP contribution in [0.5, 0.6) is 0 Å². The molecule has 0 saturated heterocycles. The lowest BCUT2D eigenvalue weighted by molar-refractivity contribution is 0.0690. The Balaban J connectivity index is 2.65. The Morgan fingerprint density at radius 2 is 2.00 bits per heavy atom. The molecule has 1 N–H and O–H groups in total. The van der Waals surface area contributed by atoms with Crippen LogP contribution >= 0.6 is 11.6 Å². The normalized spacial score (nSPS) is 11.7. The first kappa shape index (κ1) is 14.5. The van der Waals surface area contributed by atoms with Crippen molar-refractivity contribution < 1.29 is 14.3 Å². The van der Waals surface area contributed by atoms with E-state index in [9.17, 15) is 9.18 Å². The molecule has 2 aromatic rings. The van der Waals surface area contributed by atoms with Crippen molar-refractivity contribution in [2.24, 2.45) is 0 Å². The number of rotatable bonds is 2. The molecule has 0 unspecified atom stereocenters. The molecular formula is C14H14ClFN2O2. The number of hydrogen-bond acceptors (Lipinski definition) is 2. The van der Waals surface area contributed by atoms with E-state index in [-0.39, 0.29) is 16.1 Å². The third-order valence-electron chi connectivity index (χ3n) is 2.84. The van der Waals surface area contributed by atoms with Gasteiger partial charge in [-0.05, 0) is 18.2 Å². The first-order valence-electron chi connectivity index (χ1n) is 5.99. The number of nitrogens with zero attached hydrogens (tertiary/aromatic N) is 2. The van der Waals surface area contributed by atoms with Crippen molar-refractivity contribution in [2.45, 2.75) is 26.2 Å². The number of carboxylic acids is 1. The van der Waals surface area contributed by atoms with E-state index >= 15 is 0 Å². The van der Waals surface area contributed by atoms with E-state index in [1.165, 1.54) is 22.9 Å². The highest BCUT2D eigenvalue weighted by Gasteiger charge is 2.24. The van der Waals surface area contributed by atoms with Crippen LogP contribution in [0.25, 0.3) is 5.69 Å². The summed E-state index contributed by atoms with van der Waals surface area (Å²) in [4.78, 5) is 11.1. The Bertz CT molecular complexity index is 674. The summed E-state index contributed by atoms with van der Waals surface area (Å²) in [6.45, 7) is 5.79. The summed E-state index contributed by atoms with van der Waals surface area (Å²) < 4.78 is 15.0. The maximum absolute atomic E-state index is 13.6. The van der Waals surface area contributed by atoms with Crippen molar-refractivity contribution in [3.63, 3.8) is 0 Å². The fraction of sp³-hybridized carbons (Fsp3) is 0.286. The van der Waals surface area contributed by atoms with Crippen LogP contribution in [-0.2, 0) is 5.41 Å². The Hall–Kier alpha value is -1.88. The average Bonchev–Trinajstić information content (AvgIpc) is 2.77. The first-order valence-corrected chi connectivity index (χ1v) is 6.37. The van der Waals surface area contributed by atoms with Gasteiger partial charge >= 0.3 is 5.97 Å². The first-order chi connectivity index (χ1) is 9.20. The molecule has 0 bridgehead atoms. The van der Waals surface area contributed by atoms with Gasteiger partial charge in [0.05, 0.1) is 16.4 Å². The van der Waals surface area contributed by atoms with E-state index in [1.54, 1.807) is 6.07 Å². The highest BCUT2D eigenvalue weighted by Crippen LogP contribution is 2.27. The molecular weight excluding hydrogens is 283 g/mol. The van der Waals surface area contributed by atoms with Crippen LogP contribution in [0.4, 0.5) is 4.39 Å². The fourth-order valence-corrected chi connectivity index (χ4v) is 1.95. The quantitative estimate of drug-likeness (QED) is 0.920. The van der Waals surface area contributed by atoms with Crippen LogP contribution in [0.15, 0.2) is 24.3 Å². The Kier molecular flexibility index (Phi) is 3.56. The summed E-state index contributed by atoms with van der Waals surface area (Å²) in [7, 11) is 0. The van der Waals surface area contributed by atoms with Gasteiger partial charge in [0, 0.05) is 11.5 Å². The van der Waals surface area contributed by atoms with Crippen LogP contribution in [0, 0.1) is 5.82 Å². The van der Waals surface area contributed by atoms with Crippen molar-refractivity contribution in [1.82, 2.24) is 9.78 Å². The highest BCUT2D eigenvalue weighted by molar-refractivity contribution is 6.30. The van der Waals surface area contributed by atoms with Gasteiger partial charge in [-0.25, -0.2) is 13.9 Å². The molecule has 4 nitrogen and oxygen atoms in total. The minimum Gasteiger partial charge on any atom is -0.476 e. The molecule has 0 aliphatic heterocycles. The van der Waals surface area contributed by atoms with Gasteiger partial charge in [-0.1, -0.05) is 32.4 Å². The molecule has 2 rings (SSSR count). The van der Waals surface area contributed by atoms with Gasteiger partial charge in [0.1, 0.15) is 5.82 Å². The van der Waals surface area contributed by atoms with E-state index in [4.69, 9.17) is 16.7 Å². The number of benzene rings is 1. The smallest absolute Gasteiger partial charge is 0.356 e. The lowest BCUT2D eigenvalue weighted by Crippen LogP contribution is -2.17. The summed E-state index contributed by atoms with van der Waals surface area (Å²) in [5, 5.41) is 13.1. The molecule has 0 atom stereocenters. The summed E-state index contributed by atoms with van der Waals surface area (Å²) in [6.07, 6.45) is 0. The molecule has 0 spiro atoms. The summed E-state index contributed by atoms with van der Waals surface area (Å²) in [5.41, 5.74) is 0.697. The predicted octanol–water partition coefficient (Wildman–Crippen LogP) is 3.66. The van der Waals surface area contributed by atoms with Crippen molar-refractivity contribution >= 4 is 17.6 Å². The molecule has 106 valence electrons. The minimum atomic E-state index is -1.12. The molecule has 0 aliphatic carbocycles. The number of carboxylic acid groups (broad SMARTS) is 1. The Morgan fingerprint density at radius 1 is 1.35 bits per heavy atom. The summed E-state index contributed by atoms with van der Waals surface area (Å²) in [6, 6.07) is 5.74. The molecule has 1 aromatic carbocycles. The zero-order valence-corrected chi connectivity index (χ0v) is 12.1. The number of aromatic carboxylic acids is 1. The number of aromatic nitrogens is 2. The third-order valence-corrected chi connectivity index (χ3v) is 3.15. The van der Waals surface area contributed by atoms with Gasteiger partial charge in [-0.15, -0.1) is 0 Å². The third kappa shape index (κ3) is 2.67. The molecule has 1 heterocycles. The molecule has 0 radical (unpaired) electrons. The van der Waals surface area contributed by atoms with Gasteiger partial charge in [0.15, 0.2) is 5.69 Å². The topological polar surface area (TPSA) is 55.1 Å². The van der Waals surface area contributed by atoms with Crippen molar-refractivity contribution in [1.29, 1.82) is 0 Å². The number of carbonyl (C=O) groups is 1. The molecule has 0 amide bonds. The van der Waals surface area contributed by atoms with Crippen LogP contribution < -0.4 is 0 Å². The summed E-state index contributed by atoms with van der Waals surface area (Å²) in [5.74, 6) is -1.69. The van der Waals surface area contributed by atoms with Crippen molar-refractivity contribution in [3.8, 4) is 5.69 Å². The second-order valence-electron chi connectivity index (χ2n) is 5.48. The van der Waals surface area contributed by atoms with Gasteiger partial charge in [0.2, 0.25) is 0 Å². The standard InChI is InChI=1S/C14H14ClFN2O2/c1-14(2,3)12-7-11(13(19)20)17-18(12)8-4-5-9(15)10(16)6-8/h4-7H,1-3H3,(H,19,20). The van der Waals surface area contributed by atoms with Crippen molar-refractivity contribution in [2.75, 3.05) is 0 Å². The lowest BCUT2D eigenvalue weighted by atomic mass is 9.91. The zero-order valence-electron chi connectivity index (χ0n) is 11.3. The number of hydrogen-bond donors (Lipinski definition) is 1. The highest BCUT2D eigenvalue weighted by atomic mass is 35.5. The monoisotopic (exact) mass is 296 g/mol. The van der Waals surface area contributed by atoms with E-state index in [2.05, 4.69) is 5.10 Å². The van der Waals surface area contributed by atoms with Gasteiger partial charge in [0.25, 0.3) is 0 Å². The van der Waals surface area contributed by atoms with Crippen LogP contribution in [-0.4, -0.2) is 20.9 Å². The molecule has 0 aliphatic rings. The number of halogens is 2. The van der Waals surface area contributed by atoms with Gasteiger partial charge in [-0.2, -0.15) is 5.10 Å². The largest absolute Gasteiger partial charge is 0.476 e. The summed E-state index contributed by atoms with van der Waals surface area (Å²) >= 11 is 5.65. The molecule has 6 heteroatoms. The average molecular weight is 297 g/mol. The van der Waals surface area contributed by atoms with Crippen molar-refractivity contribution in [3.05, 3.63) is 46.5 Å². The van der Waals surface area contributed by atoms with E-state index in [1.807, 2.05) is 20.8 Å². The molecule has 1 aromatic heterocycles. The molecule has 20 heavy (non-hydrogen) atoms. The van der Waals surface area contributed by atoms with E-state index < -0.39 is 11.8 Å². The lowest BCUT2D eigenvalue weighted by Gasteiger charge is -2.20. The second-order valence-corrected chi connectivity index (χ2v) is 5.89. The maximum atomic E-state index is 13.6. The van der Waals surface area contributed by atoms with E-state index in [0.717, 1.165) is 0 Å². The fourth-order valence-electron chi connectivity index (χ4n) is 1.83. The van der Waals surface area contributed by atoms with Gasteiger partial charge in [-0.3, -0.25) is 0 Å². The van der Waals surface area contributed by atoms with Crippen LogP contribution in [0.2, 0.25) is 5.02 Å². The molecule has 0 saturated carbocycles. The van der Waals surface area contributed by atoms with E-state index in [0.29, 0.717) is 11.4 Å². The minimum absolute atomic E-state index is 0.0108. The SMILES string of the molecule is CC(C)(C)c1cc(C(=O)O)nn1-c1ccc(Cl)c(F)c1. The maximum Gasteiger partial charge on any atom is 0.356 e. The Labute approximate surface area is 120 Å². The van der Waals surface area contributed by atoms with Crippen LogP contribution in [0.1, 0.15) is 37.0 Å². The van der Waals surface area contributed by atoms with Gasteiger partial charge < -0.3 is 5.11 Å². The Morgan fingerprint density at radius 3 is 2.50 bits per heavy atom. The zero-order chi connectivity index (χ0) is 15.1. The second kappa shape index (κ2) is 4.90.